The maximum absolute atomic E-state index is 9.93. The van der Waals surface area contributed by atoms with Gasteiger partial charge in [-0.05, 0) is 18.9 Å². The Kier molecular flexibility index (Phi) is 7.04. The van der Waals surface area contributed by atoms with Crippen molar-refractivity contribution in [3.63, 3.8) is 0 Å². The number of ether oxygens (including phenoxy) is 1. The van der Waals surface area contributed by atoms with Gasteiger partial charge in [-0.1, -0.05) is 20.8 Å². The van der Waals surface area contributed by atoms with Gasteiger partial charge in [0.15, 0.2) is 0 Å². The molecule has 0 radical (unpaired) electrons. The minimum Gasteiger partial charge on any atom is -0.390 e. The van der Waals surface area contributed by atoms with E-state index in [1.807, 2.05) is 0 Å². The second kappa shape index (κ2) is 8.03. The standard InChI is InChI=1S/C13H28N2O2/c1-4-13-10-15(5-6-17-13)9-12(16)8-14-7-11(2)3/h11-14,16H,4-10H2,1-3H3. The van der Waals surface area contributed by atoms with Gasteiger partial charge < -0.3 is 15.2 Å². The van der Waals surface area contributed by atoms with Crippen LogP contribution in [-0.2, 0) is 4.74 Å². The molecule has 0 saturated carbocycles. The number of aliphatic hydroxyl groups excluding tert-OH is 1. The molecule has 4 heteroatoms. The molecule has 0 spiro atoms. The van der Waals surface area contributed by atoms with Crippen LogP contribution in [0.2, 0.25) is 0 Å². The van der Waals surface area contributed by atoms with Crippen LogP contribution < -0.4 is 5.32 Å². The molecule has 4 nitrogen and oxygen atoms in total. The van der Waals surface area contributed by atoms with E-state index in [1.165, 1.54) is 0 Å². The van der Waals surface area contributed by atoms with Crippen molar-refractivity contribution in [2.75, 3.05) is 39.3 Å². The van der Waals surface area contributed by atoms with Crippen LogP contribution in [0.5, 0.6) is 0 Å². The van der Waals surface area contributed by atoms with Crippen LogP contribution >= 0.6 is 0 Å². The van der Waals surface area contributed by atoms with Crippen molar-refractivity contribution in [3.8, 4) is 0 Å². The summed E-state index contributed by atoms with van der Waals surface area (Å²) in [6, 6.07) is 0. The molecule has 0 aromatic rings. The predicted octanol–water partition coefficient (Wildman–Crippen LogP) is 0.704. The van der Waals surface area contributed by atoms with Crippen LogP contribution in [0.3, 0.4) is 0 Å². The summed E-state index contributed by atoms with van der Waals surface area (Å²) in [5, 5.41) is 13.2. The molecule has 0 aliphatic carbocycles. The lowest BCUT2D eigenvalue weighted by atomic mass is 10.2. The second-order valence-electron chi connectivity index (χ2n) is 5.37. The summed E-state index contributed by atoms with van der Waals surface area (Å²) in [4.78, 5) is 2.30. The van der Waals surface area contributed by atoms with Gasteiger partial charge in [-0.25, -0.2) is 0 Å². The summed E-state index contributed by atoms with van der Waals surface area (Å²) < 4.78 is 5.61. The maximum atomic E-state index is 9.93. The van der Waals surface area contributed by atoms with Crippen LogP contribution in [0.1, 0.15) is 27.2 Å². The molecule has 1 aliphatic heterocycles. The van der Waals surface area contributed by atoms with Gasteiger partial charge >= 0.3 is 0 Å². The summed E-state index contributed by atoms with van der Waals surface area (Å²) in [6.07, 6.45) is 1.13. The molecule has 1 rings (SSSR count). The Hall–Kier alpha value is -0.160. The van der Waals surface area contributed by atoms with Crippen LogP contribution in [0, 0.1) is 5.92 Å². The van der Waals surface area contributed by atoms with Gasteiger partial charge in [0.1, 0.15) is 0 Å². The summed E-state index contributed by atoms with van der Waals surface area (Å²) in [5.41, 5.74) is 0. The Bertz CT molecular complexity index is 200. The van der Waals surface area contributed by atoms with Gasteiger partial charge in [0.25, 0.3) is 0 Å². The molecular weight excluding hydrogens is 216 g/mol. The van der Waals surface area contributed by atoms with E-state index in [0.29, 0.717) is 18.6 Å². The molecule has 2 unspecified atom stereocenters. The van der Waals surface area contributed by atoms with Crippen molar-refractivity contribution in [3.05, 3.63) is 0 Å². The minimum atomic E-state index is -0.274. The smallest absolute Gasteiger partial charge is 0.0791 e. The Balaban J connectivity index is 2.14. The molecule has 0 bridgehead atoms. The van der Waals surface area contributed by atoms with Gasteiger partial charge in [0.05, 0.1) is 18.8 Å². The molecule has 17 heavy (non-hydrogen) atoms. The molecule has 1 saturated heterocycles. The van der Waals surface area contributed by atoms with Crippen molar-refractivity contribution < 1.29 is 9.84 Å². The highest BCUT2D eigenvalue weighted by Crippen LogP contribution is 2.08. The SMILES string of the molecule is CCC1CN(CC(O)CNCC(C)C)CCO1. The Morgan fingerprint density at radius 2 is 2.18 bits per heavy atom. The highest BCUT2D eigenvalue weighted by Gasteiger charge is 2.20. The summed E-state index contributed by atoms with van der Waals surface area (Å²) in [5.74, 6) is 0.634. The number of aliphatic hydroxyl groups is 1. The van der Waals surface area contributed by atoms with Crippen molar-refractivity contribution in [1.82, 2.24) is 10.2 Å². The topological polar surface area (TPSA) is 44.7 Å². The van der Waals surface area contributed by atoms with Gasteiger partial charge in [-0.2, -0.15) is 0 Å². The van der Waals surface area contributed by atoms with Crippen molar-refractivity contribution in [2.24, 2.45) is 5.92 Å². The number of nitrogens with zero attached hydrogens (tertiary/aromatic N) is 1. The first-order valence-electron chi connectivity index (χ1n) is 6.84. The molecule has 2 atom stereocenters. The third-order valence-electron chi connectivity index (χ3n) is 3.08. The van der Waals surface area contributed by atoms with E-state index in [-0.39, 0.29) is 6.10 Å². The highest BCUT2D eigenvalue weighted by atomic mass is 16.5. The zero-order chi connectivity index (χ0) is 12.7. The lowest BCUT2D eigenvalue weighted by molar-refractivity contribution is -0.0412. The van der Waals surface area contributed by atoms with Crippen molar-refractivity contribution >= 4 is 0 Å². The predicted molar refractivity (Wildman–Crippen MR) is 70.2 cm³/mol. The quantitative estimate of drug-likeness (QED) is 0.692. The Labute approximate surface area is 105 Å². The van der Waals surface area contributed by atoms with E-state index in [1.54, 1.807) is 0 Å². The summed E-state index contributed by atoms with van der Waals surface area (Å²) in [6.45, 7) is 11.6. The van der Waals surface area contributed by atoms with E-state index >= 15 is 0 Å². The number of hydrogen-bond donors (Lipinski definition) is 2. The highest BCUT2D eigenvalue weighted by molar-refractivity contribution is 4.74. The first kappa shape index (κ1) is 14.9. The number of nitrogens with one attached hydrogen (secondary N) is 1. The van der Waals surface area contributed by atoms with Crippen molar-refractivity contribution in [2.45, 2.75) is 39.4 Å². The van der Waals surface area contributed by atoms with E-state index in [4.69, 9.17) is 4.74 Å². The molecule has 1 fully saturated rings. The zero-order valence-corrected chi connectivity index (χ0v) is 11.5. The number of rotatable bonds is 7. The van der Waals surface area contributed by atoms with Crippen LogP contribution in [0.25, 0.3) is 0 Å². The normalized spacial score (nSPS) is 24.2. The van der Waals surface area contributed by atoms with Crippen LogP contribution in [-0.4, -0.2) is 61.5 Å². The molecule has 2 N–H and O–H groups in total. The van der Waals surface area contributed by atoms with E-state index < -0.39 is 0 Å². The average Bonchev–Trinajstić information content (AvgIpc) is 2.28. The lowest BCUT2D eigenvalue weighted by Gasteiger charge is -2.33. The number of morpholine rings is 1. The zero-order valence-electron chi connectivity index (χ0n) is 11.5. The minimum absolute atomic E-state index is 0.274. The lowest BCUT2D eigenvalue weighted by Crippen LogP contribution is -2.47. The molecule has 1 heterocycles. The number of β-amino-alcohol motifs (C(OH)–C–C–N with tert-alkyl or cyclic N) is 1. The van der Waals surface area contributed by atoms with E-state index in [9.17, 15) is 5.11 Å². The molecule has 0 aromatic carbocycles. The van der Waals surface area contributed by atoms with Gasteiger partial charge in [0.2, 0.25) is 0 Å². The fraction of sp³-hybridized carbons (Fsp3) is 1.00. The fourth-order valence-electron chi connectivity index (χ4n) is 2.09. The Morgan fingerprint density at radius 1 is 1.41 bits per heavy atom. The van der Waals surface area contributed by atoms with E-state index in [2.05, 4.69) is 31.0 Å². The molecule has 1 aliphatic rings. The molecule has 0 amide bonds. The third-order valence-corrected chi connectivity index (χ3v) is 3.08. The van der Waals surface area contributed by atoms with Gasteiger partial charge in [0, 0.05) is 26.2 Å². The fourth-order valence-corrected chi connectivity index (χ4v) is 2.09. The maximum Gasteiger partial charge on any atom is 0.0791 e. The Morgan fingerprint density at radius 3 is 2.82 bits per heavy atom. The molecular formula is C13H28N2O2. The third kappa shape index (κ3) is 6.36. The molecule has 102 valence electrons. The summed E-state index contributed by atoms with van der Waals surface area (Å²) >= 11 is 0. The van der Waals surface area contributed by atoms with E-state index in [0.717, 1.165) is 39.2 Å². The first-order valence-corrected chi connectivity index (χ1v) is 6.84. The average molecular weight is 244 g/mol. The molecule has 0 aromatic heterocycles. The second-order valence-corrected chi connectivity index (χ2v) is 5.37. The summed E-state index contributed by atoms with van der Waals surface area (Å²) in [7, 11) is 0. The monoisotopic (exact) mass is 244 g/mol. The van der Waals surface area contributed by atoms with Gasteiger partial charge in [-0.3, -0.25) is 4.90 Å². The first-order chi connectivity index (χ1) is 8.11. The van der Waals surface area contributed by atoms with Crippen LogP contribution in [0.4, 0.5) is 0 Å². The van der Waals surface area contributed by atoms with Crippen molar-refractivity contribution in [1.29, 1.82) is 0 Å². The number of hydrogen-bond acceptors (Lipinski definition) is 4. The van der Waals surface area contributed by atoms with Crippen LogP contribution in [0.15, 0.2) is 0 Å². The largest absolute Gasteiger partial charge is 0.390 e. The van der Waals surface area contributed by atoms with Gasteiger partial charge in [-0.15, -0.1) is 0 Å².